The molecule has 0 unspecified atom stereocenters. The highest BCUT2D eigenvalue weighted by Crippen LogP contribution is 2.48. The number of fused-ring (bicyclic) bond motifs is 1. The van der Waals surface area contributed by atoms with Gasteiger partial charge in [0.2, 0.25) is 0 Å². The first-order valence-electron chi connectivity index (χ1n) is 7.05. The van der Waals surface area contributed by atoms with E-state index < -0.39 is 0 Å². The van der Waals surface area contributed by atoms with Gasteiger partial charge in [-0.05, 0) is 36.8 Å². The molecule has 0 saturated heterocycles. The van der Waals surface area contributed by atoms with Crippen molar-refractivity contribution in [3.05, 3.63) is 42.0 Å². The predicted molar refractivity (Wildman–Crippen MR) is 80.5 cm³/mol. The van der Waals surface area contributed by atoms with E-state index in [2.05, 4.69) is 11.4 Å². The maximum absolute atomic E-state index is 9.17. The zero-order valence-electron chi connectivity index (χ0n) is 11.4. The first-order valence-corrected chi connectivity index (χ1v) is 7.05. The highest BCUT2D eigenvalue weighted by atomic mass is 16.3. The molecule has 0 radical (unpaired) electrons. The Morgan fingerprint density at radius 3 is 2.55 bits per heavy atom. The standard InChI is InChI=1S/C17H18N2O/c18-11-13-5-6-16(15-4-2-1-3-14(13)15)19-12-17(7-8-17)9-10-20/h1-6,19-20H,7-10,12H2. The van der Waals surface area contributed by atoms with Crippen molar-refractivity contribution in [1.29, 1.82) is 5.26 Å². The Morgan fingerprint density at radius 2 is 1.90 bits per heavy atom. The molecule has 0 aromatic heterocycles. The molecule has 1 saturated carbocycles. The summed E-state index contributed by atoms with van der Waals surface area (Å²) in [5.41, 5.74) is 2.07. The summed E-state index contributed by atoms with van der Waals surface area (Å²) in [6.45, 7) is 1.15. The molecular formula is C17H18N2O. The van der Waals surface area contributed by atoms with Crippen molar-refractivity contribution in [3.63, 3.8) is 0 Å². The van der Waals surface area contributed by atoms with Crippen LogP contribution in [0.5, 0.6) is 0 Å². The third kappa shape index (κ3) is 2.35. The molecular weight excluding hydrogens is 248 g/mol. The molecule has 1 fully saturated rings. The lowest BCUT2D eigenvalue weighted by atomic mass is 10.0. The molecule has 0 atom stereocenters. The third-order valence-electron chi connectivity index (χ3n) is 4.30. The summed E-state index contributed by atoms with van der Waals surface area (Å²) in [7, 11) is 0. The van der Waals surface area contributed by atoms with E-state index in [0.717, 1.165) is 29.4 Å². The maximum Gasteiger partial charge on any atom is 0.0998 e. The molecule has 2 N–H and O–H groups in total. The van der Waals surface area contributed by atoms with Gasteiger partial charge in [0.25, 0.3) is 0 Å². The van der Waals surface area contributed by atoms with Gasteiger partial charge in [-0.2, -0.15) is 5.26 Å². The fourth-order valence-electron chi connectivity index (χ4n) is 2.76. The quantitative estimate of drug-likeness (QED) is 0.873. The third-order valence-corrected chi connectivity index (χ3v) is 4.30. The number of nitriles is 1. The van der Waals surface area contributed by atoms with E-state index >= 15 is 0 Å². The summed E-state index contributed by atoms with van der Waals surface area (Å²) in [5.74, 6) is 0. The molecule has 0 aliphatic heterocycles. The Hall–Kier alpha value is -2.05. The minimum atomic E-state index is 0.260. The smallest absolute Gasteiger partial charge is 0.0998 e. The molecule has 0 amide bonds. The van der Waals surface area contributed by atoms with Gasteiger partial charge in [-0.3, -0.25) is 0 Å². The van der Waals surface area contributed by atoms with E-state index in [1.165, 1.54) is 12.8 Å². The van der Waals surface area contributed by atoms with E-state index in [4.69, 9.17) is 10.4 Å². The topological polar surface area (TPSA) is 56.0 Å². The fourth-order valence-corrected chi connectivity index (χ4v) is 2.76. The van der Waals surface area contributed by atoms with E-state index in [0.29, 0.717) is 5.56 Å². The summed E-state index contributed by atoms with van der Waals surface area (Å²) in [6.07, 6.45) is 3.25. The van der Waals surface area contributed by atoms with Crippen molar-refractivity contribution in [2.75, 3.05) is 18.5 Å². The van der Waals surface area contributed by atoms with Gasteiger partial charge in [0.15, 0.2) is 0 Å². The summed E-state index contributed by atoms with van der Waals surface area (Å²) in [5, 5.41) is 23.9. The molecule has 3 rings (SSSR count). The van der Waals surface area contributed by atoms with Gasteiger partial charge in [-0.15, -0.1) is 0 Å². The van der Waals surface area contributed by atoms with Crippen LogP contribution in [0, 0.1) is 16.7 Å². The highest BCUT2D eigenvalue weighted by Gasteiger charge is 2.41. The molecule has 0 heterocycles. The van der Waals surface area contributed by atoms with E-state index in [-0.39, 0.29) is 12.0 Å². The molecule has 1 aliphatic carbocycles. The molecule has 2 aromatic carbocycles. The van der Waals surface area contributed by atoms with Crippen molar-refractivity contribution in [3.8, 4) is 6.07 Å². The molecule has 0 bridgehead atoms. The first-order chi connectivity index (χ1) is 9.78. The average molecular weight is 266 g/mol. The number of anilines is 1. The van der Waals surface area contributed by atoms with Crippen molar-refractivity contribution >= 4 is 16.5 Å². The molecule has 3 heteroatoms. The number of aliphatic hydroxyl groups excluding tert-OH is 1. The minimum absolute atomic E-state index is 0.260. The number of nitrogens with zero attached hydrogens (tertiary/aromatic N) is 1. The van der Waals surface area contributed by atoms with Gasteiger partial charge in [-0.1, -0.05) is 24.3 Å². The Balaban J connectivity index is 1.87. The van der Waals surface area contributed by atoms with E-state index in [1.807, 2.05) is 36.4 Å². The molecule has 20 heavy (non-hydrogen) atoms. The van der Waals surface area contributed by atoms with E-state index in [9.17, 15) is 0 Å². The van der Waals surface area contributed by atoms with Crippen molar-refractivity contribution in [2.45, 2.75) is 19.3 Å². The Morgan fingerprint density at radius 1 is 1.15 bits per heavy atom. The lowest BCUT2D eigenvalue weighted by molar-refractivity contribution is 0.253. The molecule has 2 aromatic rings. The number of hydrogen-bond acceptors (Lipinski definition) is 3. The lowest BCUT2D eigenvalue weighted by Crippen LogP contribution is -2.16. The second-order valence-electron chi connectivity index (χ2n) is 5.65. The van der Waals surface area contributed by atoms with Crippen LogP contribution < -0.4 is 5.32 Å². The van der Waals surface area contributed by atoms with Crippen LogP contribution in [-0.4, -0.2) is 18.3 Å². The van der Waals surface area contributed by atoms with Crippen molar-refractivity contribution in [2.24, 2.45) is 5.41 Å². The van der Waals surface area contributed by atoms with Gasteiger partial charge >= 0.3 is 0 Å². The second-order valence-corrected chi connectivity index (χ2v) is 5.65. The molecule has 3 nitrogen and oxygen atoms in total. The van der Waals surface area contributed by atoms with Crippen LogP contribution in [0.4, 0.5) is 5.69 Å². The monoisotopic (exact) mass is 266 g/mol. The first kappa shape index (κ1) is 13.0. The summed E-state index contributed by atoms with van der Waals surface area (Å²) >= 11 is 0. The number of aliphatic hydroxyl groups is 1. The Kier molecular flexibility index (Phi) is 3.33. The van der Waals surface area contributed by atoms with Gasteiger partial charge in [0.1, 0.15) is 0 Å². The molecule has 102 valence electrons. The number of nitrogens with one attached hydrogen (secondary N) is 1. The zero-order chi connectivity index (χ0) is 14.0. The zero-order valence-corrected chi connectivity index (χ0v) is 11.4. The molecule has 1 aliphatic rings. The number of rotatable bonds is 5. The van der Waals surface area contributed by atoms with Gasteiger partial charge in [0.05, 0.1) is 11.6 Å². The van der Waals surface area contributed by atoms with Gasteiger partial charge in [-0.25, -0.2) is 0 Å². The highest BCUT2D eigenvalue weighted by molar-refractivity contribution is 5.97. The summed E-state index contributed by atoms with van der Waals surface area (Å²) < 4.78 is 0. The van der Waals surface area contributed by atoms with Crippen LogP contribution in [0.15, 0.2) is 36.4 Å². The van der Waals surface area contributed by atoms with Crippen molar-refractivity contribution in [1.82, 2.24) is 0 Å². The van der Waals surface area contributed by atoms with Crippen LogP contribution in [0.25, 0.3) is 10.8 Å². The summed E-state index contributed by atoms with van der Waals surface area (Å²) in [4.78, 5) is 0. The normalized spacial score (nSPS) is 15.8. The minimum Gasteiger partial charge on any atom is -0.396 e. The van der Waals surface area contributed by atoms with Crippen LogP contribution in [0.1, 0.15) is 24.8 Å². The van der Waals surface area contributed by atoms with E-state index in [1.54, 1.807) is 0 Å². The number of hydrogen-bond donors (Lipinski definition) is 2. The fraction of sp³-hybridized carbons (Fsp3) is 0.353. The lowest BCUT2D eigenvalue weighted by Gasteiger charge is -2.17. The van der Waals surface area contributed by atoms with Crippen LogP contribution in [0.2, 0.25) is 0 Å². The largest absolute Gasteiger partial charge is 0.396 e. The Bertz CT molecular complexity index is 668. The van der Waals surface area contributed by atoms with Crippen molar-refractivity contribution < 1.29 is 5.11 Å². The van der Waals surface area contributed by atoms with Crippen LogP contribution in [0.3, 0.4) is 0 Å². The SMILES string of the molecule is N#Cc1ccc(NCC2(CCO)CC2)c2ccccc12. The van der Waals surface area contributed by atoms with Gasteiger partial charge in [0, 0.05) is 29.6 Å². The Labute approximate surface area is 118 Å². The van der Waals surface area contributed by atoms with Crippen LogP contribution in [-0.2, 0) is 0 Å². The maximum atomic E-state index is 9.17. The second kappa shape index (κ2) is 5.15. The summed E-state index contributed by atoms with van der Waals surface area (Å²) in [6, 6.07) is 14.1. The van der Waals surface area contributed by atoms with Crippen LogP contribution >= 0.6 is 0 Å². The molecule has 0 spiro atoms. The average Bonchev–Trinajstić information content (AvgIpc) is 3.25. The number of benzene rings is 2. The predicted octanol–water partition coefficient (Wildman–Crippen LogP) is 3.29. The van der Waals surface area contributed by atoms with Gasteiger partial charge < -0.3 is 10.4 Å².